The highest BCUT2D eigenvalue weighted by atomic mass is 16.2. The zero-order chi connectivity index (χ0) is 8.69. The van der Waals surface area contributed by atoms with Gasteiger partial charge < -0.3 is 4.90 Å². The van der Waals surface area contributed by atoms with Crippen molar-refractivity contribution in [3.8, 4) is 11.8 Å². The van der Waals surface area contributed by atoms with Crippen molar-refractivity contribution in [1.29, 1.82) is 0 Å². The second-order valence-corrected chi connectivity index (χ2v) is 2.26. The van der Waals surface area contributed by atoms with Gasteiger partial charge in [-0.05, 0) is 26.2 Å². The van der Waals surface area contributed by atoms with Gasteiger partial charge in [-0.3, -0.25) is 4.79 Å². The maximum absolute atomic E-state index is 11.1. The minimum atomic E-state index is -0.0585. The Balaban J connectivity index is 3.98. The van der Waals surface area contributed by atoms with Crippen LogP contribution in [0.5, 0.6) is 0 Å². The van der Waals surface area contributed by atoms with Crippen molar-refractivity contribution in [1.82, 2.24) is 4.90 Å². The second kappa shape index (κ2) is 5.79. The molecule has 0 aliphatic carbocycles. The Morgan fingerprint density at radius 1 is 1.45 bits per heavy atom. The number of carbonyl (C=O) groups is 1. The van der Waals surface area contributed by atoms with E-state index in [9.17, 15) is 4.79 Å². The van der Waals surface area contributed by atoms with Gasteiger partial charge in [-0.1, -0.05) is 12.8 Å². The lowest BCUT2D eigenvalue weighted by atomic mass is 10.4. The fourth-order valence-electron chi connectivity index (χ4n) is 0.859. The van der Waals surface area contributed by atoms with E-state index in [4.69, 9.17) is 0 Å². The third-order valence-electron chi connectivity index (χ3n) is 1.39. The molecule has 1 amide bonds. The van der Waals surface area contributed by atoms with Crippen LogP contribution in [-0.4, -0.2) is 23.9 Å². The molecule has 11 heavy (non-hydrogen) atoms. The van der Waals surface area contributed by atoms with Crippen molar-refractivity contribution in [3.05, 3.63) is 0 Å². The minimum Gasteiger partial charge on any atom is -0.332 e. The van der Waals surface area contributed by atoms with E-state index in [2.05, 4.69) is 18.8 Å². The summed E-state index contributed by atoms with van der Waals surface area (Å²) in [6, 6.07) is 0. The summed E-state index contributed by atoms with van der Waals surface area (Å²) in [6.07, 6.45) is 0.991. The molecular formula is C9H15NO. The average molecular weight is 153 g/mol. The molecule has 0 aromatic heterocycles. The van der Waals surface area contributed by atoms with Crippen LogP contribution in [0.4, 0.5) is 0 Å². The molecule has 0 unspecified atom stereocenters. The van der Waals surface area contributed by atoms with E-state index in [-0.39, 0.29) is 5.91 Å². The summed E-state index contributed by atoms with van der Waals surface area (Å²) in [4.78, 5) is 12.9. The number of nitrogens with zero attached hydrogens (tertiary/aromatic N) is 1. The predicted octanol–water partition coefficient (Wildman–Crippen LogP) is 1.27. The van der Waals surface area contributed by atoms with Crippen LogP contribution in [0.25, 0.3) is 0 Å². The van der Waals surface area contributed by atoms with Crippen molar-refractivity contribution >= 4 is 5.91 Å². The minimum absolute atomic E-state index is 0.0585. The van der Waals surface area contributed by atoms with Crippen molar-refractivity contribution in [2.45, 2.75) is 27.2 Å². The summed E-state index contributed by atoms with van der Waals surface area (Å²) < 4.78 is 0. The Kier molecular flexibility index (Phi) is 5.28. The smallest absolute Gasteiger partial charge is 0.298 e. The molecular weight excluding hydrogens is 138 g/mol. The zero-order valence-electron chi connectivity index (χ0n) is 7.48. The molecule has 0 aliphatic rings. The lowest BCUT2D eigenvalue weighted by molar-refractivity contribution is -0.124. The van der Waals surface area contributed by atoms with Crippen LogP contribution < -0.4 is 0 Å². The third kappa shape index (κ3) is 3.67. The summed E-state index contributed by atoms with van der Waals surface area (Å²) in [6.45, 7) is 7.25. The van der Waals surface area contributed by atoms with Crippen molar-refractivity contribution in [2.75, 3.05) is 13.1 Å². The number of rotatable bonds is 3. The summed E-state index contributed by atoms with van der Waals surface area (Å²) in [5.41, 5.74) is 0. The van der Waals surface area contributed by atoms with E-state index < -0.39 is 0 Å². The molecule has 0 aromatic rings. The lowest BCUT2D eigenvalue weighted by Gasteiger charge is -2.15. The van der Waals surface area contributed by atoms with Gasteiger partial charge in [0.2, 0.25) is 0 Å². The molecule has 0 saturated carbocycles. The first-order valence-electron chi connectivity index (χ1n) is 3.97. The Hall–Kier alpha value is -0.970. The van der Waals surface area contributed by atoms with Crippen molar-refractivity contribution in [2.24, 2.45) is 0 Å². The molecule has 0 heterocycles. The molecule has 0 spiro atoms. The standard InChI is InChI=1S/C9H15NO/c1-4-7-9(11)10(6-3)8-5-2/h5-6,8H2,1-3H3. The van der Waals surface area contributed by atoms with E-state index in [1.165, 1.54) is 0 Å². The van der Waals surface area contributed by atoms with E-state index >= 15 is 0 Å². The molecule has 0 radical (unpaired) electrons. The van der Waals surface area contributed by atoms with Crippen LogP contribution in [-0.2, 0) is 4.79 Å². The van der Waals surface area contributed by atoms with Crippen LogP contribution in [0.1, 0.15) is 27.2 Å². The normalized spacial score (nSPS) is 8.27. The van der Waals surface area contributed by atoms with Gasteiger partial charge in [0.05, 0.1) is 0 Å². The SMILES string of the molecule is CC#CC(=O)N(CC)CCC. The van der Waals surface area contributed by atoms with Gasteiger partial charge in [0.15, 0.2) is 0 Å². The fourth-order valence-corrected chi connectivity index (χ4v) is 0.859. The highest BCUT2D eigenvalue weighted by Crippen LogP contribution is 1.90. The Bertz CT molecular complexity index is 176. The topological polar surface area (TPSA) is 20.3 Å². The summed E-state index contributed by atoms with van der Waals surface area (Å²) in [5, 5.41) is 0. The summed E-state index contributed by atoms with van der Waals surface area (Å²) in [5.74, 6) is 5.06. The number of carbonyl (C=O) groups excluding carboxylic acids is 1. The molecule has 0 fully saturated rings. The maximum Gasteiger partial charge on any atom is 0.298 e. The van der Waals surface area contributed by atoms with Gasteiger partial charge >= 0.3 is 0 Å². The van der Waals surface area contributed by atoms with Crippen LogP contribution >= 0.6 is 0 Å². The number of hydrogen-bond acceptors (Lipinski definition) is 1. The first-order valence-corrected chi connectivity index (χ1v) is 3.97. The van der Waals surface area contributed by atoms with Gasteiger partial charge in [-0.2, -0.15) is 0 Å². The highest BCUT2D eigenvalue weighted by molar-refractivity contribution is 5.93. The molecule has 0 atom stereocenters. The third-order valence-corrected chi connectivity index (χ3v) is 1.39. The first-order chi connectivity index (χ1) is 5.26. The maximum atomic E-state index is 11.1. The van der Waals surface area contributed by atoms with Gasteiger partial charge in [0.1, 0.15) is 0 Å². The lowest BCUT2D eigenvalue weighted by Crippen LogP contribution is -2.30. The van der Waals surface area contributed by atoms with Crippen LogP contribution in [0.2, 0.25) is 0 Å². The average Bonchev–Trinajstić information content (AvgIpc) is 2.00. The predicted molar refractivity (Wildman–Crippen MR) is 46.0 cm³/mol. The largest absolute Gasteiger partial charge is 0.332 e. The highest BCUT2D eigenvalue weighted by Gasteiger charge is 2.05. The van der Waals surface area contributed by atoms with Gasteiger partial charge in [-0.25, -0.2) is 0 Å². The molecule has 0 rings (SSSR count). The van der Waals surface area contributed by atoms with Gasteiger partial charge in [-0.15, -0.1) is 0 Å². The van der Waals surface area contributed by atoms with E-state index in [0.717, 1.165) is 19.5 Å². The van der Waals surface area contributed by atoms with Gasteiger partial charge in [0.25, 0.3) is 5.91 Å². The summed E-state index contributed by atoms with van der Waals surface area (Å²) in [7, 11) is 0. The quantitative estimate of drug-likeness (QED) is 0.559. The zero-order valence-corrected chi connectivity index (χ0v) is 7.48. The van der Waals surface area contributed by atoms with Crippen molar-refractivity contribution < 1.29 is 4.79 Å². The Labute approximate surface area is 68.6 Å². The Morgan fingerprint density at radius 2 is 2.09 bits per heavy atom. The molecule has 0 saturated heterocycles. The van der Waals surface area contributed by atoms with Crippen LogP contribution in [0, 0.1) is 11.8 Å². The van der Waals surface area contributed by atoms with Crippen LogP contribution in [0.15, 0.2) is 0 Å². The van der Waals surface area contributed by atoms with Gasteiger partial charge in [0, 0.05) is 13.1 Å². The van der Waals surface area contributed by atoms with Crippen LogP contribution in [0.3, 0.4) is 0 Å². The second-order valence-electron chi connectivity index (χ2n) is 2.26. The first kappa shape index (κ1) is 10.0. The van der Waals surface area contributed by atoms with E-state index in [1.807, 2.05) is 6.92 Å². The molecule has 2 heteroatoms. The molecule has 0 bridgehead atoms. The fraction of sp³-hybridized carbons (Fsp3) is 0.667. The molecule has 0 aromatic carbocycles. The Morgan fingerprint density at radius 3 is 2.45 bits per heavy atom. The summed E-state index contributed by atoms with van der Waals surface area (Å²) >= 11 is 0. The monoisotopic (exact) mass is 153 g/mol. The van der Waals surface area contributed by atoms with E-state index in [1.54, 1.807) is 11.8 Å². The van der Waals surface area contributed by atoms with E-state index in [0.29, 0.717) is 0 Å². The van der Waals surface area contributed by atoms with Crippen molar-refractivity contribution in [3.63, 3.8) is 0 Å². The molecule has 2 nitrogen and oxygen atoms in total. The number of hydrogen-bond donors (Lipinski definition) is 0. The molecule has 62 valence electrons. The molecule has 0 N–H and O–H groups in total. The molecule has 0 aliphatic heterocycles. The number of amides is 1.